The minimum atomic E-state index is -5.78. The first-order chi connectivity index (χ1) is 12.2. The molecule has 1 aromatic rings. The fourth-order valence-corrected chi connectivity index (χ4v) is 2.67. The van der Waals surface area contributed by atoms with Crippen molar-refractivity contribution in [3.8, 4) is 0 Å². The lowest BCUT2D eigenvalue weighted by molar-refractivity contribution is -0.0504. The van der Waals surface area contributed by atoms with Gasteiger partial charge in [-0.05, 0) is 31.1 Å². The Morgan fingerprint density at radius 2 is 2.00 bits per heavy atom. The fraction of sp³-hybridized carbons (Fsp3) is 0.438. The van der Waals surface area contributed by atoms with Gasteiger partial charge in [-0.25, -0.2) is 4.99 Å². The lowest BCUT2D eigenvalue weighted by Crippen LogP contribution is -2.27. The normalized spacial score (nSPS) is 16.6. The first-order valence-corrected chi connectivity index (χ1v) is 9.32. The van der Waals surface area contributed by atoms with E-state index in [2.05, 4.69) is 21.1 Å². The number of hydrogen-bond donors (Lipinski definition) is 1. The topological polar surface area (TPSA) is 80.8 Å². The van der Waals surface area contributed by atoms with Crippen LogP contribution < -0.4 is 0 Å². The van der Waals surface area contributed by atoms with Gasteiger partial charge in [0.05, 0.1) is 7.11 Å². The standard InChI is InChI=1S/C16H19F3N2O4S/c1-3-4-5-6-11-7-8-12(20-11)9-13-14(24-2)10-15(21-13)25-26(22,23)16(17,18)19/h7-10,20H,3-6H2,1-2H3/b13-9-. The van der Waals surface area contributed by atoms with Crippen LogP contribution in [0.15, 0.2) is 34.7 Å². The van der Waals surface area contributed by atoms with Gasteiger partial charge in [0, 0.05) is 17.5 Å². The predicted molar refractivity (Wildman–Crippen MR) is 90.6 cm³/mol. The second-order valence-electron chi connectivity index (χ2n) is 5.57. The predicted octanol–water partition coefficient (Wildman–Crippen LogP) is 3.90. The van der Waals surface area contributed by atoms with E-state index in [-0.39, 0.29) is 11.5 Å². The van der Waals surface area contributed by atoms with Gasteiger partial charge in [0.25, 0.3) is 0 Å². The third-order valence-corrected chi connectivity index (χ3v) is 4.50. The Bertz CT molecular complexity index is 836. The molecule has 1 aliphatic heterocycles. The minimum Gasteiger partial charge on any atom is -0.494 e. The Morgan fingerprint density at radius 1 is 1.27 bits per heavy atom. The molecule has 26 heavy (non-hydrogen) atoms. The lowest BCUT2D eigenvalue weighted by Gasteiger charge is -2.07. The van der Waals surface area contributed by atoms with Crippen molar-refractivity contribution in [3.63, 3.8) is 0 Å². The SMILES string of the molecule is CCCCCc1ccc(/C=C2\N=C(OS(=O)(=O)C(F)(F)F)C=C2OC)[nH]1. The monoisotopic (exact) mass is 392 g/mol. The molecule has 10 heteroatoms. The van der Waals surface area contributed by atoms with Crippen LogP contribution in [0.25, 0.3) is 6.08 Å². The molecule has 2 rings (SSSR count). The number of hydrogen-bond acceptors (Lipinski definition) is 5. The zero-order valence-corrected chi connectivity index (χ0v) is 15.1. The molecule has 2 heterocycles. The van der Waals surface area contributed by atoms with E-state index in [1.807, 2.05) is 6.07 Å². The first-order valence-electron chi connectivity index (χ1n) is 7.91. The molecule has 0 radical (unpaired) electrons. The molecule has 0 aliphatic carbocycles. The van der Waals surface area contributed by atoms with Gasteiger partial charge in [-0.15, -0.1) is 0 Å². The van der Waals surface area contributed by atoms with E-state index in [9.17, 15) is 21.6 Å². The minimum absolute atomic E-state index is 0.0968. The smallest absolute Gasteiger partial charge is 0.494 e. The molecule has 0 saturated carbocycles. The molecule has 1 N–H and O–H groups in total. The summed E-state index contributed by atoms with van der Waals surface area (Å²) in [7, 11) is -4.49. The van der Waals surface area contributed by atoms with Gasteiger partial charge in [-0.2, -0.15) is 21.6 Å². The number of aromatic nitrogens is 1. The van der Waals surface area contributed by atoms with E-state index in [1.165, 1.54) is 13.2 Å². The second-order valence-corrected chi connectivity index (χ2v) is 7.11. The number of methoxy groups -OCH3 is 1. The molecular formula is C16H19F3N2O4S. The summed E-state index contributed by atoms with van der Waals surface area (Å²) < 4.78 is 68.4. The highest BCUT2D eigenvalue weighted by Crippen LogP contribution is 2.28. The number of ether oxygens (including phenoxy) is 1. The van der Waals surface area contributed by atoms with E-state index in [4.69, 9.17) is 4.74 Å². The number of aromatic amines is 1. The summed E-state index contributed by atoms with van der Waals surface area (Å²) >= 11 is 0. The molecule has 0 atom stereocenters. The van der Waals surface area contributed by atoms with Gasteiger partial charge in [0.15, 0.2) is 0 Å². The highest BCUT2D eigenvalue weighted by atomic mass is 32.2. The van der Waals surface area contributed by atoms with Crippen molar-refractivity contribution in [1.82, 2.24) is 4.98 Å². The molecule has 6 nitrogen and oxygen atoms in total. The number of halogens is 3. The number of aryl methyl sites for hydroxylation is 1. The zero-order chi connectivity index (χ0) is 19.4. The van der Waals surface area contributed by atoms with Gasteiger partial charge in [0.1, 0.15) is 11.5 Å². The van der Waals surface area contributed by atoms with Crippen LogP contribution in [0.2, 0.25) is 0 Å². The van der Waals surface area contributed by atoms with Crippen molar-refractivity contribution in [2.75, 3.05) is 7.11 Å². The molecular weight excluding hydrogens is 373 g/mol. The number of aliphatic imine (C=N–C) groups is 1. The van der Waals surface area contributed by atoms with Gasteiger partial charge < -0.3 is 13.9 Å². The summed E-state index contributed by atoms with van der Waals surface area (Å²) in [6.45, 7) is 2.11. The molecule has 0 spiro atoms. The average Bonchev–Trinajstić information content (AvgIpc) is 3.13. The molecule has 1 aromatic heterocycles. The van der Waals surface area contributed by atoms with Crippen molar-refractivity contribution in [1.29, 1.82) is 0 Å². The van der Waals surface area contributed by atoms with Crippen LogP contribution >= 0.6 is 0 Å². The first kappa shape index (κ1) is 20.1. The van der Waals surface area contributed by atoms with Crippen LogP contribution in [0, 0.1) is 0 Å². The van der Waals surface area contributed by atoms with Gasteiger partial charge >= 0.3 is 15.6 Å². The van der Waals surface area contributed by atoms with Crippen LogP contribution in [0.1, 0.15) is 37.6 Å². The van der Waals surface area contributed by atoms with Gasteiger partial charge in [0.2, 0.25) is 5.90 Å². The van der Waals surface area contributed by atoms with Crippen LogP contribution in [0.3, 0.4) is 0 Å². The number of alkyl halides is 3. The Kier molecular flexibility index (Phi) is 6.17. The number of H-pyrrole nitrogens is 1. The third-order valence-electron chi connectivity index (χ3n) is 3.55. The van der Waals surface area contributed by atoms with Crippen molar-refractivity contribution in [2.24, 2.45) is 4.99 Å². The molecule has 1 aliphatic rings. The number of unbranched alkanes of at least 4 members (excludes halogenated alkanes) is 2. The summed E-state index contributed by atoms with van der Waals surface area (Å²) in [4.78, 5) is 6.92. The van der Waals surface area contributed by atoms with E-state index >= 15 is 0 Å². The molecule has 0 bridgehead atoms. The summed E-state index contributed by atoms with van der Waals surface area (Å²) in [5, 5.41) is 0. The quantitative estimate of drug-likeness (QED) is 0.434. The Labute approximate surface area is 149 Å². The number of nitrogens with one attached hydrogen (secondary N) is 1. The molecule has 144 valence electrons. The fourth-order valence-electron chi connectivity index (χ4n) is 2.26. The second kappa shape index (κ2) is 7.98. The van der Waals surface area contributed by atoms with Gasteiger partial charge in [-0.1, -0.05) is 19.8 Å². The number of nitrogens with zero attached hydrogens (tertiary/aromatic N) is 1. The largest absolute Gasteiger partial charge is 0.534 e. The Morgan fingerprint density at radius 3 is 2.62 bits per heavy atom. The van der Waals surface area contributed by atoms with Crippen molar-refractivity contribution < 1.29 is 30.5 Å². The average molecular weight is 392 g/mol. The van der Waals surface area contributed by atoms with E-state index in [0.717, 1.165) is 37.5 Å². The number of rotatable bonds is 7. The van der Waals surface area contributed by atoms with Crippen molar-refractivity contribution in [3.05, 3.63) is 41.1 Å². The maximum absolute atomic E-state index is 12.4. The highest BCUT2D eigenvalue weighted by molar-refractivity contribution is 7.88. The maximum Gasteiger partial charge on any atom is 0.534 e. The maximum atomic E-state index is 12.4. The highest BCUT2D eigenvalue weighted by Gasteiger charge is 2.49. The van der Waals surface area contributed by atoms with Crippen LogP contribution in [0.5, 0.6) is 0 Å². The van der Waals surface area contributed by atoms with E-state index < -0.39 is 21.5 Å². The summed E-state index contributed by atoms with van der Waals surface area (Å²) in [5.41, 5.74) is -3.69. The molecule has 0 saturated heterocycles. The van der Waals surface area contributed by atoms with E-state index in [1.54, 1.807) is 6.07 Å². The lowest BCUT2D eigenvalue weighted by atomic mass is 10.2. The van der Waals surface area contributed by atoms with E-state index in [0.29, 0.717) is 5.69 Å². The van der Waals surface area contributed by atoms with Crippen LogP contribution in [0.4, 0.5) is 13.2 Å². The Hall–Kier alpha value is -2.23. The molecule has 0 aromatic carbocycles. The summed E-state index contributed by atoms with van der Waals surface area (Å²) in [6.07, 6.45) is 6.67. The zero-order valence-electron chi connectivity index (χ0n) is 14.3. The Balaban J connectivity index is 2.17. The van der Waals surface area contributed by atoms with Crippen LogP contribution in [-0.2, 0) is 25.5 Å². The van der Waals surface area contributed by atoms with Crippen LogP contribution in [-0.4, -0.2) is 31.9 Å². The molecule has 0 amide bonds. The third kappa shape index (κ3) is 4.90. The molecule has 0 unspecified atom stereocenters. The van der Waals surface area contributed by atoms with Gasteiger partial charge in [-0.3, -0.25) is 0 Å². The molecule has 0 fully saturated rings. The summed E-state index contributed by atoms with van der Waals surface area (Å²) in [6, 6.07) is 3.70. The van der Waals surface area contributed by atoms with Crippen molar-refractivity contribution >= 4 is 22.1 Å². The van der Waals surface area contributed by atoms with Crippen molar-refractivity contribution in [2.45, 2.75) is 38.1 Å². The summed E-state index contributed by atoms with van der Waals surface area (Å²) in [5.74, 6) is -0.611.